The highest BCUT2D eigenvalue weighted by molar-refractivity contribution is 5.65. The van der Waals surface area contributed by atoms with Crippen LogP contribution in [-0.4, -0.2) is 19.3 Å². The van der Waals surface area contributed by atoms with Gasteiger partial charge in [-0.15, -0.1) is 0 Å². The van der Waals surface area contributed by atoms with Crippen molar-refractivity contribution in [1.29, 1.82) is 0 Å². The average molecular weight is 148 g/mol. The van der Waals surface area contributed by atoms with Crippen LogP contribution in [0, 0.1) is 0 Å². The van der Waals surface area contributed by atoms with Gasteiger partial charge in [0.05, 0.1) is 13.3 Å². The predicted octanol–water partition coefficient (Wildman–Crippen LogP) is 1.69. The molecule has 0 spiro atoms. The van der Waals surface area contributed by atoms with Crippen molar-refractivity contribution in [3.8, 4) is 0 Å². The molecule has 0 aliphatic rings. The van der Waals surface area contributed by atoms with E-state index < -0.39 is 0 Å². The van der Waals surface area contributed by atoms with Crippen molar-refractivity contribution in [2.24, 2.45) is 0 Å². The first-order valence-electron chi connectivity index (χ1n) is 3.46. The van der Waals surface area contributed by atoms with Crippen LogP contribution in [0.25, 0.3) is 0 Å². The van der Waals surface area contributed by atoms with Gasteiger partial charge in [0.1, 0.15) is 0 Å². The lowest BCUT2D eigenvalue weighted by molar-refractivity contribution is -0.141. The lowest BCUT2D eigenvalue weighted by atomic mass is 10.3. The third-order valence-corrected chi connectivity index (χ3v) is 1.08. The predicted molar refractivity (Wildman–Crippen MR) is 36.5 cm³/mol. The maximum absolute atomic E-state index is 11.5. The third kappa shape index (κ3) is 7.40. The smallest absolute Gasteiger partial charge is 0.302 e. The van der Waals surface area contributed by atoms with Crippen LogP contribution in [0.3, 0.4) is 0 Å². The Kier molecular flexibility index (Phi) is 6.13. The summed E-state index contributed by atoms with van der Waals surface area (Å²) in [7, 11) is 0. The summed E-state index contributed by atoms with van der Waals surface area (Å²) in [5.41, 5.74) is 0. The van der Waals surface area contributed by atoms with E-state index in [2.05, 4.69) is 4.74 Å². The van der Waals surface area contributed by atoms with Gasteiger partial charge in [0.15, 0.2) is 0 Å². The molecule has 0 aliphatic carbocycles. The van der Waals surface area contributed by atoms with Crippen LogP contribution in [0.15, 0.2) is 0 Å². The minimum atomic E-state index is -0.278. The second-order valence-electron chi connectivity index (χ2n) is 2.09. The molecule has 3 heteroatoms. The van der Waals surface area contributed by atoms with Crippen LogP contribution in [0.5, 0.6) is 0 Å². The molecule has 10 heavy (non-hydrogen) atoms. The molecule has 0 radical (unpaired) electrons. The van der Waals surface area contributed by atoms with Crippen LogP contribution in [0.1, 0.15) is 26.2 Å². The third-order valence-electron chi connectivity index (χ3n) is 1.08. The van der Waals surface area contributed by atoms with Crippen molar-refractivity contribution in [2.75, 3.05) is 13.3 Å². The van der Waals surface area contributed by atoms with Gasteiger partial charge in [-0.2, -0.15) is 0 Å². The maximum Gasteiger partial charge on any atom is 0.302 e. The molecule has 0 fully saturated rings. The van der Waals surface area contributed by atoms with Gasteiger partial charge >= 0.3 is 5.97 Å². The summed E-state index contributed by atoms with van der Waals surface area (Å²) >= 11 is 0. The number of unbranched alkanes of at least 4 members (excludes halogenated alkanes) is 2. The quantitative estimate of drug-likeness (QED) is 0.438. The van der Waals surface area contributed by atoms with Crippen molar-refractivity contribution in [2.45, 2.75) is 26.2 Å². The highest BCUT2D eigenvalue weighted by Crippen LogP contribution is 1.95. The Morgan fingerprint density at radius 2 is 2.10 bits per heavy atom. The monoisotopic (exact) mass is 148 g/mol. The summed E-state index contributed by atoms with van der Waals surface area (Å²) < 4.78 is 16.1. The van der Waals surface area contributed by atoms with Gasteiger partial charge < -0.3 is 4.74 Å². The zero-order valence-electron chi connectivity index (χ0n) is 6.23. The Morgan fingerprint density at radius 3 is 2.60 bits per heavy atom. The van der Waals surface area contributed by atoms with Gasteiger partial charge in [-0.25, -0.2) is 0 Å². The normalized spacial score (nSPS) is 9.40. The molecule has 0 bridgehead atoms. The molecular formula is C7H13FO2. The average Bonchev–Trinajstić information content (AvgIpc) is 1.87. The SMILES string of the molecule is CC(=O)OCCCCCF. The molecule has 0 saturated heterocycles. The fourth-order valence-electron chi connectivity index (χ4n) is 0.589. The molecule has 0 aromatic rings. The van der Waals surface area contributed by atoms with E-state index >= 15 is 0 Å². The number of rotatable bonds is 5. The number of hydrogen-bond acceptors (Lipinski definition) is 2. The minimum Gasteiger partial charge on any atom is -0.466 e. The van der Waals surface area contributed by atoms with Crippen molar-refractivity contribution in [1.82, 2.24) is 0 Å². The van der Waals surface area contributed by atoms with Gasteiger partial charge in [-0.05, 0) is 19.3 Å². The molecule has 0 unspecified atom stereocenters. The fourth-order valence-corrected chi connectivity index (χ4v) is 0.589. The van der Waals surface area contributed by atoms with Crippen LogP contribution in [0.2, 0.25) is 0 Å². The molecular weight excluding hydrogens is 135 g/mol. The van der Waals surface area contributed by atoms with E-state index in [1.807, 2.05) is 0 Å². The Balaban J connectivity index is 2.84. The number of carbonyl (C=O) groups is 1. The molecule has 0 atom stereocenters. The molecule has 0 heterocycles. The van der Waals surface area contributed by atoms with E-state index in [1.165, 1.54) is 6.92 Å². The van der Waals surface area contributed by atoms with E-state index in [0.717, 1.165) is 12.8 Å². The van der Waals surface area contributed by atoms with Crippen LogP contribution in [-0.2, 0) is 9.53 Å². The lowest BCUT2D eigenvalue weighted by Crippen LogP contribution is -2.00. The number of halogens is 1. The first kappa shape index (κ1) is 9.40. The van der Waals surface area contributed by atoms with Crippen LogP contribution >= 0.6 is 0 Å². The van der Waals surface area contributed by atoms with Gasteiger partial charge in [0.25, 0.3) is 0 Å². The summed E-state index contributed by atoms with van der Waals surface area (Å²) in [5, 5.41) is 0. The molecule has 60 valence electrons. The highest BCUT2D eigenvalue weighted by atomic mass is 19.1. The minimum absolute atomic E-state index is 0.264. The number of hydrogen-bond donors (Lipinski definition) is 0. The Labute approximate surface area is 60.4 Å². The topological polar surface area (TPSA) is 26.3 Å². The summed E-state index contributed by atoms with van der Waals surface area (Å²) in [5.74, 6) is -0.264. The Bertz CT molecular complexity index is 93.6. The zero-order valence-corrected chi connectivity index (χ0v) is 6.23. The molecule has 0 rings (SSSR count). The molecule has 2 nitrogen and oxygen atoms in total. The summed E-state index contributed by atoms with van der Waals surface area (Å²) in [6, 6.07) is 0. The van der Waals surface area contributed by atoms with Crippen molar-refractivity contribution in [3.05, 3.63) is 0 Å². The largest absolute Gasteiger partial charge is 0.466 e. The fraction of sp³-hybridized carbons (Fsp3) is 0.857. The Morgan fingerprint density at radius 1 is 1.40 bits per heavy atom. The van der Waals surface area contributed by atoms with Crippen LogP contribution < -0.4 is 0 Å². The molecule has 0 N–H and O–H groups in total. The zero-order chi connectivity index (χ0) is 7.82. The van der Waals surface area contributed by atoms with Crippen molar-refractivity contribution in [3.63, 3.8) is 0 Å². The highest BCUT2D eigenvalue weighted by Gasteiger charge is 1.91. The first-order valence-corrected chi connectivity index (χ1v) is 3.46. The van der Waals surface area contributed by atoms with Gasteiger partial charge in [-0.3, -0.25) is 9.18 Å². The van der Waals surface area contributed by atoms with E-state index in [4.69, 9.17) is 0 Å². The van der Waals surface area contributed by atoms with E-state index in [1.54, 1.807) is 0 Å². The van der Waals surface area contributed by atoms with E-state index in [0.29, 0.717) is 13.0 Å². The maximum atomic E-state index is 11.5. The summed E-state index contributed by atoms with van der Waals surface area (Å²) in [6.45, 7) is 1.52. The summed E-state index contributed by atoms with van der Waals surface area (Å²) in [4.78, 5) is 10.2. The molecule has 0 aromatic heterocycles. The second kappa shape index (κ2) is 6.52. The number of ether oxygens (including phenoxy) is 1. The number of esters is 1. The van der Waals surface area contributed by atoms with Crippen molar-refractivity contribution < 1.29 is 13.9 Å². The first-order chi connectivity index (χ1) is 4.77. The number of alkyl halides is 1. The van der Waals surface area contributed by atoms with Gasteiger partial charge in [-0.1, -0.05) is 0 Å². The molecule has 0 saturated carbocycles. The van der Waals surface area contributed by atoms with E-state index in [9.17, 15) is 9.18 Å². The molecule has 0 aliphatic heterocycles. The van der Waals surface area contributed by atoms with Gasteiger partial charge in [0.2, 0.25) is 0 Å². The summed E-state index contributed by atoms with van der Waals surface area (Å²) in [6.07, 6.45) is 2.13. The second-order valence-corrected chi connectivity index (χ2v) is 2.09. The molecule has 0 amide bonds. The Hall–Kier alpha value is -0.600. The standard InChI is InChI=1S/C7H13FO2/c1-7(9)10-6-4-2-3-5-8/h2-6H2,1H3. The van der Waals surface area contributed by atoms with Gasteiger partial charge in [0, 0.05) is 6.92 Å². The van der Waals surface area contributed by atoms with Crippen molar-refractivity contribution >= 4 is 5.97 Å². The van der Waals surface area contributed by atoms with Crippen LogP contribution in [0.4, 0.5) is 4.39 Å². The molecule has 0 aromatic carbocycles. The van der Waals surface area contributed by atoms with E-state index in [-0.39, 0.29) is 12.6 Å². The number of carbonyl (C=O) groups excluding carboxylic acids is 1. The lowest BCUT2D eigenvalue weighted by Gasteiger charge is -1.98.